The number of guanidine groups is 1. The zero-order valence-electron chi connectivity index (χ0n) is 13.8. The van der Waals surface area contributed by atoms with Gasteiger partial charge in [-0.2, -0.15) is 10.4 Å². The molecule has 1 aliphatic rings. The predicted molar refractivity (Wildman–Crippen MR) is 89.7 cm³/mol. The van der Waals surface area contributed by atoms with Gasteiger partial charge in [0.15, 0.2) is 5.96 Å². The number of benzene rings is 1. The van der Waals surface area contributed by atoms with Crippen molar-refractivity contribution in [2.75, 3.05) is 7.05 Å². The normalized spacial score (nSPS) is 20.7. The topological polar surface area (TPSA) is 100 Å². The van der Waals surface area contributed by atoms with Gasteiger partial charge in [-0.25, -0.2) is 4.99 Å². The van der Waals surface area contributed by atoms with Gasteiger partial charge in [-0.1, -0.05) is 12.1 Å². The fourth-order valence-corrected chi connectivity index (χ4v) is 2.92. The Morgan fingerprint density at radius 2 is 2.08 bits per heavy atom. The lowest BCUT2D eigenvalue weighted by Gasteiger charge is -2.33. The van der Waals surface area contributed by atoms with Crippen molar-refractivity contribution < 1.29 is 4.79 Å². The van der Waals surface area contributed by atoms with Crippen LogP contribution < -0.4 is 5.73 Å². The molecule has 0 saturated heterocycles. The van der Waals surface area contributed by atoms with Gasteiger partial charge in [0.25, 0.3) is 0 Å². The van der Waals surface area contributed by atoms with Crippen molar-refractivity contribution in [2.24, 2.45) is 17.8 Å². The Bertz CT molecular complexity index is 891. The predicted octanol–water partition coefficient (Wildman–Crippen LogP) is 1.35. The number of hydrogen-bond acceptors (Lipinski definition) is 5. The highest BCUT2D eigenvalue weighted by molar-refractivity contribution is 5.98. The Hall–Kier alpha value is -3.14. The summed E-state index contributed by atoms with van der Waals surface area (Å²) in [6.45, 7) is 1.87. The average molecular weight is 322 g/mol. The van der Waals surface area contributed by atoms with Crippen molar-refractivity contribution in [1.29, 1.82) is 5.26 Å². The first-order valence-corrected chi connectivity index (χ1v) is 7.51. The lowest BCUT2D eigenvalue weighted by Crippen LogP contribution is -2.48. The van der Waals surface area contributed by atoms with Gasteiger partial charge in [0.2, 0.25) is 5.91 Å². The van der Waals surface area contributed by atoms with E-state index in [0.717, 1.165) is 17.0 Å². The second kappa shape index (κ2) is 5.49. The van der Waals surface area contributed by atoms with E-state index >= 15 is 0 Å². The smallest absolute Gasteiger partial charge is 0.231 e. The van der Waals surface area contributed by atoms with E-state index in [0.29, 0.717) is 5.56 Å². The van der Waals surface area contributed by atoms with Crippen molar-refractivity contribution >= 4 is 11.9 Å². The number of amides is 1. The van der Waals surface area contributed by atoms with E-state index in [1.807, 2.05) is 32.2 Å². The molecule has 0 aliphatic carbocycles. The van der Waals surface area contributed by atoms with Crippen LogP contribution in [0.25, 0.3) is 11.3 Å². The van der Waals surface area contributed by atoms with Crippen molar-refractivity contribution in [1.82, 2.24) is 14.7 Å². The highest BCUT2D eigenvalue weighted by Gasteiger charge is 2.38. The molecule has 0 radical (unpaired) electrons. The van der Waals surface area contributed by atoms with E-state index in [1.54, 1.807) is 23.9 Å². The maximum Gasteiger partial charge on any atom is 0.231 e. The minimum Gasteiger partial charge on any atom is -0.369 e. The van der Waals surface area contributed by atoms with Crippen molar-refractivity contribution in [2.45, 2.75) is 18.9 Å². The highest BCUT2D eigenvalue weighted by Crippen LogP contribution is 2.34. The van der Waals surface area contributed by atoms with E-state index in [1.165, 1.54) is 4.90 Å². The Balaban J connectivity index is 2.06. The summed E-state index contributed by atoms with van der Waals surface area (Å²) in [4.78, 5) is 18.0. The third kappa shape index (κ3) is 2.52. The molecule has 1 aliphatic heterocycles. The minimum absolute atomic E-state index is 0.0840. The van der Waals surface area contributed by atoms with Gasteiger partial charge in [-0.05, 0) is 25.1 Å². The number of carbonyl (C=O) groups is 1. The van der Waals surface area contributed by atoms with Gasteiger partial charge in [-0.3, -0.25) is 14.4 Å². The third-order valence-electron chi connectivity index (χ3n) is 4.29. The summed E-state index contributed by atoms with van der Waals surface area (Å²) in [6.07, 6.45) is 0.224. The molecule has 2 aromatic rings. The molecule has 0 fully saturated rings. The first kappa shape index (κ1) is 15.7. The van der Waals surface area contributed by atoms with Crippen LogP contribution in [0, 0.1) is 11.3 Å². The summed E-state index contributed by atoms with van der Waals surface area (Å²) < 4.78 is 1.71. The molecule has 2 heterocycles. The average Bonchev–Trinajstić information content (AvgIpc) is 2.95. The summed E-state index contributed by atoms with van der Waals surface area (Å²) in [5, 5.41) is 13.6. The van der Waals surface area contributed by atoms with Crippen LogP contribution in [0.3, 0.4) is 0 Å². The number of nitrogens with two attached hydrogens (primary N) is 1. The number of aromatic nitrogens is 2. The molecule has 0 saturated carbocycles. The lowest BCUT2D eigenvalue weighted by molar-refractivity contribution is -0.128. The molecule has 7 heteroatoms. The quantitative estimate of drug-likeness (QED) is 0.902. The van der Waals surface area contributed by atoms with Crippen LogP contribution in [0.5, 0.6) is 0 Å². The molecule has 1 aromatic heterocycles. The summed E-state index contributed by atoms with van der Waals surface area (Å²) >= 11 is 0. The fraction of sp³-hybridized carbons (Fsp3) is 0.294. The summed E-state index contributed by atoms with van der Waals surface area (Å²) in [5.74, 6) is 0.113. The van der Waals surface area contributed by atoms with Crippen molar-refractivity contribution in [3.8, 4) is 17.3 Å². The molecule has 24 heavy (non-hydrogen) atoms. The second-order valence-corrected chi connectivity index (χ2v) is 6.10. The van der Waals surface area contributed by atoms with E-state index in [-0.39, 0.29) is 18.3 Å². The van der Waals surface area contributed by atoms with Gasteiger partial charge in [0.1, 0.15) is 5.54 Å². The van der Waals surface area contributed by atoms with Crippen LogP contribution in [0.1, 0.15) is 24.6 Å². The summed E-state index contributed by atoms with van der Waals surface area (Å²) in [6, 6.07) is 11.3. The number of nitrogens with zero attached hydrogens (tertiary/aromatic N) is 5. The molecule has 1 aromatic carbocycles. The van der Waals surface area contributed by atoms with E-state index < -0.39 is 5.54 Å². The Kier molecular flexibility index (Phi) is 3.60. The third-order valence-corrected chi connectivity index (χ3v) is 4.29. The molecule has 3 rings (SSSR count). The standard InChI is InChI=1S/C17H18N6O/c1-17(9-15(24)22(2)16(19)20-17)14-8-13(21-23(14)3)12-6-4-5-11(7-12)10-18/h4-8H,9H2,1-3H3,(H2,19,20)/t17-/m1/s1. The molecule has 2 N–H and O–H groups in total. The molecular weight excluding hydrogens is 304 g/mol. The second-order valence-electron chi connectivity index (χ2n) is 6.10. The van der Waals surface area contributed by atoms with Crippen LogP contribution in [-0.4, -0.2) is 33.6 Å². The molecule has 1 amide bonds. The highest BCUT2D eigenvalue weighted by atomic mass is 16.2. The van der Waals surface area contributed by atoms with Gasteiger partial charge >= 0.3 is 0 Å². The first-order valence-electron chi connectivity index (χ1n) is 7.51. The van der Waals surface area contributed by atoms with Gasteiger partial charge in [-0.15, -0.1) is 0 Å². The fourth-order valence-electron chi connectivity index (χ4n) is 2.92. The zero-order chi connectivity index (χ0) is 17.5. The molecule has 0 bridgehead atoms. The van der Waals surface area contributed by atoms with E-state index in [4.69, 9.17) is 11.0 Å². The van der Waals surface area contributed by atoms with Crippen molar-refractivity contribution in [3.05, 3.63) is 41.6 Å². The van der Waals surface area contributed by atoms with Crippen LogP contribution in [0.4, 0.5) is 0 Å². The zero-order valence-corrected chi connectivity index (χ0v) is 13.8. The maximum absolute atomic E-state index is 12.2. The summed E-state index contributed by atoms with van der Waals surface area (Å²) in [5.41, 5.74) is 8.05. The minimum atomic E-state index is -0.763. The van der Waals surface area contributed by atoms with Crippen LogP contribution in [0.2, 0.25) is 0 Å². The van der Waals surface area contributed by atoms with E-state index in [2.05, 4.69) is 16.2 Å². The van der Waals surface area contributed by atoms with Gasteiger partial charge < -0.3 is 5.73 Å². The summed E-state index contributed by atoms with van der Waals surface area (Å²) in [7, 11) is 3.43. The Morgan fingerprint density at radius 1 is 1.33 bits per heavy atom. The van der Waals surface area contributed by atoms with Gasteiger partial charge in [0, 0.05) is 19.7 Å². The number of rotatable bonds is 2. The molecule has 122 valence electrons. The number of hydrogen-bond donors (Lipinski definition) is 1. The molecule has 0 unspecified atom stereocenters. The maximum atomic E-state index is 12.2. The number of nitriles is 1. The van der Waals surface area contributed by atoms with E-state index in [9.17, 15) is 4.79 Å². The molecule has 7 nitrogen and oxygen atoms in total. The monoisotopic (exact) mass is 322 g/mol. The Labute approximate surface area is 140 Å². The molecular formula is C17H18N6O. The molecule has 1 atom stereocenters. The SMILES string of the molecule is CN1C(=O)C[C@](C)(c2cc(-c3cccc(C#N)c3)nn2C)N=C1N. The number of carbonyl (C=O) groups excluding carboxylic acids is 1. The van der Waals surface area contributed by atoms with Crippen LogP contribution >= 0.6 is 0 Å². The number of aliphatic imine (C=N–C) groups is 1. The molecule has 0 spiro atoms. The van der Waals surface area contributed by atoms with Gasteiger partial charge in [0.05, 0.1) is 29.4 Å². The Morgan fingerprint density at radius 3 is 2.75 bits per heavy atom. The largest absolute Gasteiger partial charge is 0.369 e. The first-order chi connectivity index (χ1) is 11.3. The van der Waals surface area contributed by atoms with Crippen molar-refractivity contribution in [3.63, 3.8) is 0 Å². The lowest BCUT2D eigenvalue weighted by atomic mass is 9.91. The van der Waals surface area contributed by atoms with Crippen LogP contribution in [0.15, 0.2) is 35.3 Å². The number of aryl methyl sites for hydroxylation is 1. The van der Waals surface area contributed by atoms with Crippen LogP contribution in [-0.2, 0) is 17.4 Å².